The molecule has 0 aromatic heterocycles. The van der Waals surface area contributed by atoms with Crippen LogP contribution in [0.25, 0.3) is 0 Å². The summed E-state index contributed by atoms with van der Waals surface area (Å²) in [5.74, 6) is 2.72. The van der Waals surface area contributed by atoms with Gasteiger partial charge in [0.2, 0.25) is 0 Å². The van der Waals surface area contributed by atoms with Crippen molar-refractivity contribution in [3.8, 4) is 11.5 Å². The number of rotatable bonds is 7. The first kappa shape index (κ1) is 15.5. The molecule has 0 bridgehead atoms. The normalized spacial score (nSPS) is 21.0. The van der Waals surface area contributed by atoms with E-state index in [1.165, 1.54) is 19.3 Å². The van der Waals surface area contributed by atoms with Crippen LogP contribution >= 0.6 is 0 Å². The minimum atomic E-state index is 0.513. The third kappa shape index (κ3) is 4.28. The van der Waals surface area contributed by atoms with Crippen molar-refractivity contribution in [1.29, 1.82) is 0 Å². The van der Waals surface area contributed by atoms with Gasteiger partial charge in [-0.3, -0.25) is 0 Å². The predicted octanol–water partition coefficient (Wildman–Crippen LogP) is 2.30. The van der Waals surface area contributed by atoms with Crippen molar-refractivity contribution in [3.05, 3.63) is 23.8 Å². The van der Waals surface area contributed by atoms with Crippen molar-refractivity contribution in [2.45, 2.75) is 38.8 Å². The van der Waals surface area contributed by atoms with E-state index in [9.17, 15) is 0 Å². The van der Waals surface area contributed by atoms with Gasteiger partial charge in [-0.1, -0.05) is 19.4 Å². The number of nitrogens with one attached hydrogen (secondary N) is 1. The van der Waals surface area contributed by atoms with Gasteiger partial charge < -0.3 is 20.5 Å². The van der Waals surface area contributed by atoms with E-state index >= 15 is 0 Å². The molecule has 21 heavy (non-hydrogen) atoms. The monoisotopic (exact) mass is 291 g/mol. The molecule has 0 amide bonds. The SMILES string of the molecule is CCCC1CC1NC(N)=NCc1ccc(OC)c(OC)c1. The van der Waals surface area contributed by atoms with Crippen LogP contribution < -0.4 is 20.5 Å². The molecule has 2 rings (SSSR count). The number of hydrogen-bond donors (Lipinski definition) is 2. The lowest BCUT2D eigenvalue weighted by atomic mass is 10.2. The molecule has 5 nitrogen and oxygen atoms in total. The molecule has 2 unspecified atom stereocenters. The highest BCUT2D eigenvalue weighted by atomic mass is 16.5. The maximum Gasteiger partial charge on any atom is 0.189 e. The molecule has 116 valence electrons. The van der Waals surface area contributed by atoms with Crippen LogP contribution in [0.5, 0.6) is 11.5 Å². The van der Waals surface area contributed by atoms with Gasteiger partial charge in [0.15, 0.2) is 17.5 Å². The molecule has 0 aliphatic heterocycles. The van der Waals surface area contributed by atoms with Crippen molar-refractivity contribution in [3.63, 3.8) is 0 Å². The summed E-state index contributed by atoms with van der Waals surface area (Å²) < 4.78 is 10.5. The Kier molecular flexibility index (Phi) is 5.31. The summed E-state index contributed by atoms with van der Waals surface area (Å²) in [5, 5.41) is 3.28. The third-order valence-electron chi connectivity index (χ3n) is 3.80. The zero-order valence-electron chi connectivity index (χ0n) is 13.1. The van der Waals surface area contributed by atoms with Gasteiger partial charge in [-0.25, -0.2) is 4.99 Å². The number of ether oxygens (including phenoxy) is 2. The van der Waals surface area contributed by atoms with Crippen molar-refractivity contribution in [2.24, 2.45) is 16.6 Å². The van der Waals surface area contributed by atoms with Crippen LogP contribution in [-0.4, -0.2) is 26.2 Å². The molecule has 2 atom stereocenters. The van der Waals surface area contributed by atoms with Gasteiger partial charge in [0.1, 0.15) is 0 Å². The van der Waals surface area contributed by atoms with E-state index in [1.807, 2.05) is 18.2 Å². The van der Waals surface area contributed by atoms with Crippen LogP contribution in [0.15, 0.2) is 23.2 Å². The van der Waals surface area contributed by atoms with Crippen LogP contribution in [0.4, 0.5) is 0 Å². The molecule has 0 radical (unpaired) electrons. The summed E-state index contributed by atoms with van der Waals surface area (Å²) in [6.07, 6.45) is 3.70. The Balaban J connectivity index is 1.88. The van der Waals surface area contributed by atoms with Gasteiger partial charge in [0, 0.05) is 6.04 Å². The topological polar surface area (TPSA) is 68.9 Å². The highest BCUT2D eigenvalue weighted by molar-refractivity contribution is 5.78. The largest absolute Gasteiger partial charge is 0.493 e. The van der Waals surface area contributed by atoms with Crippen molar-refractivity contribution in [2.75, 3.05) is 14.2 Å². The Hall–Kier alpha value is -1.91. The molecular weight excluding hydrogens is 266 g/mol. The van der Waals surface area contributed by atoms with Gasteiger partial charge in [0.05, 0.1) is 20.8 Å². The fourth-order valence-corrected chi connectivity index (χ4v) is 2.51. The molecule has 1 aliphatic rings. The Morgan fingerprint density at radius 2 is 2.10 bits per heavy atom. The lowest BCUT2D eigenvalue weighted by molar-refractivity contribution is 0.354. The fourth-order valence-electron chi connectivity index (χ4n) is 2.51. The molecule has 1 fully saturated rings. The first-order chi connectivity index (χ1) is 10.2. The van der Waals surface area contributed by atoms with Crippen LogP contribution in [0, 0.1) is 5.92 Å². The van der Waals surface area contributed by atoms with Gasteiger partial charge in [-0.2, -0.15) is 0 Å². The van der Waals surface area contributed by atoms with Gasteiger partial charge in [-0.15, -0.1) is 0 Å². The number of hydrogen-bond acceptors (Lipinski definition) is 3. The zero-order chi connectivity index (χ0) is 15.2. The van der Waals surface area contributed by atoms with E-state index in [2.05, 4.69) is 17.2 Å². The van der Waals surface area contributed by atoms with Crippen LogP contribution in [0.1, 0.15) is 31.7 Å². The molecule has 1 saturated carbocycles. The average Bonchev–Trinajstić information content (AvgIpc) is 3.22. The number of methoxy groups -OCH3 is 2. The number of nitrogens with two attached hydrogens (primary N) is 1. The molecule has 0 spiro atoms. The summed E-state index contributed by atoms with van der Waals surface area (Å²) in [4.78, 5) is 4.39. The standard InChI is InChI=1S/C16H25N3O2/c1-4-5-12-9-13(12)19-16(17)18-10-11-6-7-14(20-2)15(8-11)21-3/h6-8,12-13H,4-5,9-10H2,1-3H3,(H3,17,18,19). The first-order valence-corrected chi connectivity index (χ1v) is 7.45. The van der Waals surface area contributed by atoms with E-state index in [4.69, 9.17) is 15.2 Å². The van der Waals surface area contributed by atoms with E-state index in [-0.39, 0.29) is 0 Å². The minimum Gasteiger partial charge on any atom is -0.493 e. The Morgan fingerprint density at radius 1 is 1.33 bits per heavy atom. The lowest BCUT2D eigenvalue weighted by Crippen LogP contribution is -2.34. The summed E-state index contributed by atoms with van der Waals surface area (Å²) in [5.41, 5.74) is 6.97. The smallest absolute Gasteiger partial charge is 0.189 e. The highest BCUT2D eigenvalue weighted by Crippen LogP contribution is 2.34. The Morgan fingerprint density at radius 3 is 2.76 bits per heavy atom. The van der Waals surface area contributed by atoms with Crippen LogP contribution in [0.2, 0.25) is 0 Å². The highest BCUT2D eigenvalue weighted by Gasteiger charge is 2.36. The molecule has 0 saturated heterocycles. The van der Waals surface area contributed by atoms with E-state index < -0.39 is 0 Å². The second kappa shape index (κ2) is 7.20. The van der Waals surface area contributed by atoms with Gasteiger partial charge in [0.25, 0.3) is 0 Å². The number of aliphatic imine (C=N–C) groups is 1. The fraction of sp³-hybridized carbons (Fsp3) is 0.562. The summed E-state index contributed by atoms with van der Waals surface area (Å²) in [7, 11) is 3.25. The first-order valence-electron chi connectivity index (χ1n) is 7.45. The summed E-state index contributed by atoms with van der Waals surface area (Å²) in [6.45, 7) is 2.74. The van der Waals surface area contributed by atoms with Crippen molar-refractivity contribution in [1.82, 2.24) is 5.32 Å². The van der Waals surface area contributed by atoms with E-state index in [0.29, 0.717) is 24.3 Å². The van der Waals surface area contributed by atoms with E-state index in [1.54, 1.807) is 14.2 Å². The molecule has 5 heteroatoms. The number of nitrogens with zero attached hydrogens (tertiary/aromatic N) is 1. The maximum absolute atomic E-state index is 5.93. The predicted molar refractivity (Wildman–Crippen MR) is 84.8 cm³/mol. The van der Waals surface area contributed by atoms with Gasteiger partial charge >= 0.3 is 0 Å². The van der Waals surface area contributed by atoms with Crippen LogP contribution in [-0.2, 0) is 6.54 Å². The zero-order valence-corrected chi connectivity index (χ0v) is 13.1. The summed E-state index contributed by atoms with van der Waals surface area (Å²) in [6, 6.07) is 6.28. The number of guanidine groups is 1. The van der Waals surface area contributed by atoms with Crippen molar-refractivity contribution < 1.29 is 9.47 Å². The van der Waals surface area contributed by atoms with Crippen LogP contribution in [0.3, 0.4) is 0 Å². The minimum absolute atomic E-state index is 0.513. The average molecular weight is 291 g/mol. The Bertz CT molecular complexity index is 502. The second-order valence-corrected chi connectivity index (χ2v) is 5.43. The quantitative estimate of drug-likeness (QED) is 0.597. The Labute approximate surface area is 126 Å². The van der Waals surface area contributed by atoms with Gasteiger partial charge in [-0.05, 0) is 36.5 Å². The molecule has 0 heterocycles. The van der Waals surface area contributed by atoms with E-state index in [0.717, 1.165) is 17.2 Å². The second-order valence-electron chi connectivity index (χ2n) is 5.43. The van der Waals surface area contributed by atoms with Crippen molar-refractivity contribution >= 4 is 5.96 Å². The molecule has 1 aromatic rings. The third-order valence-corrected chi connectivity index (χ3v) is 3.80. The number of benzene rings is 1. The summed E-state index contributed by atoms with van der Waals surface area (Å²) >= 11 is 0. The molecule has 3 N–H and O–H groups in total. The lowest BCUT2D eigenvalue weighted by Gasteiger charge is -2.09. The molecule has 1 aromatic carbocycles. The maximum atomic E-state index is 5.93. The molecule has 1 aliphatic carbocycles. The molecular formula is C16H25N3O2.